The first-order valence-corrected chi connectivity index (χ1v) is 9.89. The molecule has 30 heavy (non-hydrogen) atoms. The van der Waals surface area contributed by atoms with Gasteiger partial charge in [-0.3, -0.25) is 14.7 Å². The Bertz CT molecular complexity index is 1130. The van der Waals surface area contributed by atoms with Crippen LogP contribution in [0.4, 0.5) is 5.69 Å². The lowest BCUT2D eigenvalue weighted by atomic mass is 10.0. The molecule has 5 rings (SSSR count). The van der Waals surface area contributed by atoms with Gasteiger partial charge in [0.2, 0.25) is 0 Å². The van der Waals surface area contributed by atoms with Crippen molar-refractivity contribution >= 4 is 22.6 Å². The minimum absolute atomic E-state index is 0.207. The number of furan rings is 2. The van der Waals surface area contributed by atoms with E-state index in [1.54, 1.807) is 18.3 Å². The number of hydrogen-bond donors (Lipinski definition) is 1. The van der Waals surface area contributed by atoms with Gasteiger partial charge < -0.3 is 18.9 Å². The van der Waals surface area contributed by atoms with Crippen LogP contribution in [-0.4, -0.2) is 42.1 Å². The topological polar surface area (TPSA) is 80.7 Å². The highest BCUT2D eigenvalue weighted by atomic mass is 16.5. The molecule has 1 amide bonds. The quantitative estimate of drug-likeness (QED) is 0.541. The standard InChI is InChI=1S/C23H21N3O4/c27-23(19-8-4-12-29-19)25-20-17-6-1-2-7-18(17)30-22(20)21(16-5-3-9-24-15-16)26-10-13-28-14-11-26/h1-9,12,15,21H,10-11,13-14H2,(H,25,27)/t21-/m1/s1. The van der Waals surface area contributed by atoms with E-state index >= 15 is 0 Å². The lowest BCUT2D eigenvalue weighted by Crippen LogP contribution is -2.39. The number of aromatic nitrogens is 1. The summed E-state index contributed by atoms with van der Waals surface area (Å²) in [5, 5.41) is 3.86. The van der Waals surface area contributed by atoms with Gasteiger partial charge in [-0.15, -0.1) is 0 Å². The summed E-state index contributed by atoms with van der Waals surface area (Å²) in [6.07, 6.45) is 5.07. The summed E-state index contributed by atoms with van der Waals surface area (Å²) in [5.74, 6) is 0.598. The third-order valence-corrected chi connectivity index (χ3v) is 5.27. The molecular formula is C23H21N3O4. The van der Waals surface area contributed by atoms with Crippen molar-refractivity contribution in [2.45, 2.75) is 6.04 Å². The Morgan fingerprint density at radius 2 is 1.93 bits per heavy atom. The SMILES string of the molecule is O=C(Nc1c([C@@H](c2cccnc2)N2CCOCC2)oc2ccccc12)c1ccco1. The molecule has 1 fully saturated rings. The van der Waals surface area contributed by atoms with Crippen molar-refractivity contribution in [3.8, 4) is 0 Å². The van der Waals surface area contributed by atoms with Crippen molar-refractivity contribution in [3.63, 3.8) is 0 Å². The Labute approximate surface area is 173 Å². The number of benzene rings is 1. The lowest BCUT2D eigenvalue weighted by molar-refractivity contribution is 0.0205. The van der Waals surface area contributed by atoms with Gasteiger partial charge in [-0.05, 0) is 35.9 Å². The van der Waals surface area contributed by atoms with Crippen LogP contribution in [0.25, 0.3) is 11.0 Å². The van der Waals surface area contributed by atoms with E-state index in [4.69, 9.17) is 13.6 Å². The van der Waals surface area contributed by atoms with Crippen LogP contribution < -0.4 is 5.32 Å². The maximum absolute atomic E-state index is 12.8. The van der Waals surface area contributed by atoms with Gasteiger partial charge in [-0.1, -0.05) is 18.2 Å². The molecule has 1 atom stereocenters. The molecule has 152 valence electrons. The van der Waals surface area contributed by atoms with Crippen molar-refractivity contribution in [3.05, 3.63) is 84.3 Å². The second-order valence-corrected chi connectivity index (χ2v) is 7.11. The molecular weight excluding hydrogens is 382 g/mol. The molecule has 7 nitrogen and oxygen atoms in total. The van der Waals surface area contributed by atoms with E-state index in [1.165, 1.54) is 6.26 Å². The zero-order chi connectivity index (χ0) is 20.3. The third kappa shape index (κ3) is 3.49. The molecule has 4 aromatic rings. The Morgan fingerprint density at radius 3 is 2.70 bits per heavy atom. The van der Waals surface area contributed by atoms with E-state index < -0.39 is 0 Å². The number of anilines is 1. The zero-order valence-electron chi connectivity index (χ0n) is 16.3. The molecule has 1 aliphatic rings. The summed E-state index contributed by atoms with van der Waals surface area (Å²) in [5.41, 5.74) is 2.35. The van der Waals surface area contributed by atoms with E-state index in [0.717, 1.165) is 24.0 Å². The van der Waals surface area contributed by atoms with Gasteiger partial charge in [-0.25, -0.2) is 0 Å². The number of hydrogen-bond acceptors (Lipinski definition) is 6. The van der Waals surface area contributed by atoms with Gasteiger partial charge in [0.15, 0.2) is 11.5 Å². The predicted molar refractivity (Wildman–Crippen MR) is 111 cm³/mol. The van der Waals surface area contributed by atoms with Crippen LogP contribution in [0.15, 0.2) is 76.0 Å². The molecule has 0 bridgehead atoms. The molecule has 1 aliphatic heterocycles. The molecule has 4 heterocycles. The van der Waals surface area contributed by atoms with E-state index in [1.807, 2.05) is 42.6 Å². The van der Waals surface area contributed by atoms with Gasteiger partial charge in [0.1, 0.15) is 5.58 Å². The first kappa shape index (κ1) is 18.6. The third-order valence-electron chi connectivity index (χ3n) is 5.27. The average Bonchev–Trinajstić information content (AvgIpc) is 3.45. The molecule has 1 aromatic carbocycles. The monoisotopic (exact) mass is 403 g/mol. The van der Waals surface area contributed by atoms with E-state index in [-0.39, 0.29) is 17.7 Å². The van der Waals surface area contributed by atoms with Gasteiger partial charge >= 0.3 is 0 Å². The summed E-state index contributed by atoms with van der Waals surface area (Å²) >= 11 is 0. The van der Waals surface area contributed by atoms with Crippen molar-refractivity contribution in [1.29, 1.82) is 0 Å². The molecule has 0 spiro atoms. The molecule has 0 aliphatic carbocycles. The lowest BCUT2D eigenvalue weighted by Gasteiger charge is -2.33. The fourth-order valence-electron chi connectivity index (χ4n) is 3.87. The maximum atomic E-state index is 12.8. The maximum Gasteiger partial charge on any atom is 0.291 e. The Kier molecular flexibility index (Phi) is 5.04. The molecule has 1 N–H and O–H groups in total. The fourth-order valence-corrected chi connectivity index (χ4v) is 3.87. The molecule has 0 unspecified atom stereocenters. The fraction of sp³-hybridized carbons (Fsp3) is 0.217. The van der Waals surface area contributed by atoms with Crippen molar-refractivity contribution in [2.75, 3.05) is 31.6 Å². The smallest absolute Gasteiger partial charge is 0.291 e. The van der Waals surface area contributed by atoms with Crippen LogP contribution in [0.2, 0.25) is 0 Å². The van der Waals surface area contributed by atoms with Crippen LogP contribution in [0, 0.1) is 0 Å². The number of fused-ring (bicyclic) bond motifs is 1. The number of ether oxygens (including phenoxy) is 1. The highest BCUT2D eigenvalue weighted by Gasteiger charge is 2.31. The minimum Gasteiger partial charge on any atom is -0.459 e. The highest BCUT2D eigenvalue weighted by Crippen LogP contribution is 2.40. The summed E-state index contributed by atoms with van der Waals surface area (Å²) in [6.45, 7) is 2.79. The second-order valence-electron chi connectivity index (χ2n) is 7.11. The molecule has 7 heteroatoms. The van der Waals surface area contributed by atoms with Crippen LogP contribution in [0.1, 0.15) is 27.9 Å². The van der Waals surface area contributed by atoms with Gasteiger partial charge in [-0.2, -0.15) is 0 Å². The number of nitrogens with one attached hydrogen (secondary N) is 1. The van der Waals surface area contributed by atoms with Crippen LogP contribution in [0.3, 0.4) is 0 Å². The van der Waals surface area contributed by atoms with Gasteiger partial charge in [0.25, 0.3) is 5.91 Å². The number of carbonyl (C=O) groups excluding carboxylic acids is 1. The molecule has 0 radical (unpaired) electrons. The average molecular weight is 403 g/mol. The summed E-state index contributed by atoms with van der Waals surface area (Å²) in [7, 11) is 0. The van der Waals surface area contributed by atoms with Crippen molar-refractivity contribution < 1.29 is 18.4 Å². The highest BCUT2D eigenvalue weighted by molar-refractivity contribution is 6.08. The van der Waals surface area contributed by atoms with Crippen LogP contribution in [-0.2, 0) is 4.74 Å². The van der Waals surface area contributed by atoms with E-state index in [2.05, 4.69) is 15.2 Å². The van der Waals surface area contributed by atoms with E-state index in [0.29, 0.717) is 30.2 Å². The molecule has 0 saturated carbocycles. The molecule has 3 aromatic heterocycles. The number of para-hydroxylation sites is 1. The van der Waals surface area contributed by atoms with Crippen molar-refractivity contribution in [1.82, 2.24) is 9.88 Å². The Morgan fingerprint density at radius 1 is 1.07 bits per heavy atom. The Hall–Kier alpha value is -3.42. The molecule has 1 saturated heterocycles. The van der Waals surface area contributed by atoms with Gasteiger partial charge in [0.05, 0.1) is 31.2 Å². The first-order valence-electron chi connectivity index (χ1n) is 9.89. The minimum atomic E-state index is -0.320. The largest absolute Gasteiger partial charge is 0.459 e. The van der Waals surface area contributed by atoms with Gasteiger partial charge in [0, 0.05) is 30.9 Å². The second kappa shape index (κ2) is 8.14. The summed E-state index contributed by atoms with van der Waals surface area (Å²) in [6, 6.07) is 14.8. The van der Waals surface area contributed by atoms with Crippen LogP contribution >= 0.6 is 0 Å². The van der Waals surface area contributed by atoms with Crippen molar-refractivity contribution in [2.24, 2.45) is 0 Å². The predicted octanol–water partition coefficient (Wildman–Crippen LogP) is 4.09. The summed E-state index contributed by atoms with van der Waals surface area (Å²) in [4.78, 5) is 19.4. The normalized spacial score (nSPS) is 15.9. The van der Waals surface area contributed by atoms with E-state index in [9.17, 15) is 4.79 Å². The number of pyridine rings is 1. The van der Waals surface area contributed by atoms with Crippen LogP contribution in [0.5, 0.6) is 0 Å². The number of nitrogens with zero attached hydrogens (tertiary/aromatic N) is 2. The summed E-state index contributed by atoms with van der Waals surface area (Å²) < 4.78 is 17.2. The number of morpholine rings is 1. The number of rotatable bonds is 5. The number of carbonyl (C=O) groups is 1. The number of amides is 1. The zero-order valence-corrected chi connectivity index (χ0v) is 16.3. The first-order chi connectivity index (χ1) is 14.8. The Balaban J connectivity index is 1.64.